The molecule has 2 heterocycles. The van der Waals surface area contributed by atoms with Gasteiger partial charge in [0.2, 0.25) is 5.95 Å². The van der Waals surface area contributed by atoms with Gasteiger partial charge in [-0.1, -0.05) is 18.2 Å². The summed E-state index contributed by atoms with van der Waals surface area (Å²) in [4.78, 5) is 4.36. The molecule has 0 aliphatic carbocycles. The van der Waals surface area contributed by atoms with Crippen LogP contribution in [-0.4, -0.2) is 25.9 Å². The van der Waals surface area contributed by atoms with Crippen molar-refractivity contribution in [3.63, 3.8) is 0 Å². The predicted molar refractivity (Wildman–Crippen MR) is 77.6 cm³/mol. The molecule has 2 N–H and O–H groups in total. The minimum absolute atomic E-state index is 0.493. The van der Waals surface area contributed by atoms with Crippen LogP contribution in [0.3, 0.4) is 0 Å². The minimum atomic E-state index is 0.493. The van der Waals surface area contributed by atoms with E-state index < -0.39 is 0 Å². The summed E-state index contributed by atoms with van der Waals surface area (Å²) in [5.41, 5.74) is 8.64. The van der Waals surface area contributed by atoms with Gasteiger partial charge in [-0.05, 0) is 19.1 Å². The van der Waals surface area contributed by atoms with E-state index in [0.29, 0.717) is 19.1 Å². The number of nitrogens with zero attached hydrogens (tertiary/aromatic N) is 4. The van der Waals surface area contributed by atoms with Gasteiger partial charge in [0, 0.05) is 7.05 Å². The Labute approximate surface area is 116 Å². The number of fused-ring (bicyclic) bond motifs is 1. The summed E-state index contributed by atoms with van der Waals surface area (Å²) in [5.74, 6) is 1.34. The summed E-state index contributed by atoms with van der Waals surface area (Å²) in [6.45, 7) is 3.10. The van der Waals surface area contributed by atoms with Crippen LogP contribution in [0.4, 0.5) is 5.95 Å². The van der Waals surface area contributed by atoms with E-state index in [1.54, 1.807) is 4.68 Å². The standard InChI is InChI=1S/C14H17N5O/c1-10-12-13(18(2)17-10)19(14(15)16-12)8-9-20-11-6-4-3-5-7-11/h3-7H,8-9H2,1-2H3,(H2,15,16). The second kappa shape index (κ2) is 4.88. The van der Waals surface area contributed by atoms with E-state index in [1.165, 1.54) is 0 Å². The number of rotatable bonds is 4. The van der Waals surface area contributed by atoms with E-state index in [0.717, 1.165) is 22.6 Å². The highest BCUT2D eigenvalue weighted by atomic mass is 16.5. The third kappa shape index (κ3) is 2.09. The second-order valence-electron chi connectivity index (χ2n) is 4.66. The Hall–Kier alpha value is -2.50. The summed E-state index contributed by atoms with van der Waals surface area (Å²) in [6, 6.07) is 9.72. The van der Waals surface area contributed by atoms with Crippen molar-refractivity contribution in [2.24, 2.45) is 7.05 Å². The van der Waals surface area contributed by atoms with Crippen molar-refractivity contribution < 1.29 is 4.74 Å². The zero-order valence-corrected chi connectivity index (χ0v) is 11.6. The molecule has 0 aliphatic heterocycles. The van der Waals surface area contributed by atoms with Gasteiger partial charge in [0.15, 0.2) is 5.65 Å². The minimum Gasteiger partial charge on any atom is -0.492 e. The average molecular weight is 271 g/mol. The Bertz CT molecular complexity index is 729. The lowest BCUT2D eigenvalue weighted by atomic mass is 10.3. The van der Waals surface area contributed by atoms with Gasteiger partial charge in [0.05, 0.1) is 12.2 Å². The van der Waals surface area contributed by atoms with Crippen LogP contribution in [0, 0.1) is 6.92 Å². The highest BCUT2D eigenvalue weighted by Gasteiger charge is 2.15. The Kier molecular flexibility index (Phi) is 3.06. The maximum atomic E-state index is 5.97. The van der Waals surface area contributed by atoms with Crippen LogP contribution < -0.4 is 10.5 Å². The number of nitrogen functional groups attached to an aromatic ring is 1. The molecule has 3 rings (SSSR count). The number of ether oxygens (including phenoxy) is 1. The monoisotopic (exact) mass is 271 g/mol. The first-order valence-corrected chi connectivity index (χ1v) is 6.50. The van der Waals surface area contributed by atoms with E-state index in [4.69, 9.17) is 10.5 Å². The maximum Gasteiger partial charge on any atom is 0.202 e. The third-order valence-electron chi connectivity index (χ3n) is 3.25. The molecule has 0 saturated heterocycles. The molecule has 0 unspecified atom stereocenters. The van der Waals surface area contributed by atoms with Crippen molar-refractivity contribution in [3.8, 4) is 5.75 Å². The van der Waals surface area contributed by atoms with Gasteiger partial charge in [-0.15, -0.1) is 0 Å². The number of hydrogen-bond donors (Lipinski definition) is 1. The fourth-order valence-electron chi connectivity index (χ4n) is 2.34. The number of hydrogen-bond acceptors (Lipinski definition) is 4. The summed E-state index contributed by atoms with van der Waals surface area (Å²) >= 11 is 0. The molecule has 6 nitrogen and oxygen atoms in total. The quantitative estimate of drug-likeness (QED) is 0.784. The zero-order chi connectivity index (χ0) is 14.1. The van der Waals surface area contributed by atoms with Crippen LogP contribution in [0.1, 0.15) is 5.69 Å². The first-order valence-electron chi connectivity index (χ1n) is 6.50. The fourth-order valence-corrected chi connectivity index (χ4v) is 2.34. The first kappa shape index (κ1) is 12.5. The highest BCUT2D eigenvalue weighted by molar-refractivity contribution is 5.77. The maximum absolute atomic E-state index is 5.97. The van der Waals surface area contributed by atoms with E-state index in [1.807, 2.05) is 48.9 Å². The summed E-state index contributed by atoms with van der Waals surface area (Å²) in [6.07, 6.45) is 0. The molecule has 0 amide bonds. The first-order chi connectivity index (χ1) is 9.66. The van der Waals surface area contributed by atoms with Crippen molar-refractivity contribution in [1.29, 1.82) is 0 Å². The van der Waals surface area contributed by atoms with E-state index >= 15 is 0 Å². The van der Waals surface area contributed by atoms with Gasteiger partial charge in [-0.3, -0.25) is 9.25 Å². The van der Waals surface area contributed by atoms with Gasteiger partial charge in [-0.2, -0.15) is 5.10 Å². The van der Waals surface area contributed by atoms with Crippen molar-refractivity contribution in [2.75, 3.05) is 12.3 Å². The lowest BCUT2D eigenvalue weighted by Gasteiger charge is -2.09. The topological polar surface area (TPSA) is 70.9 Å². The Morgan fingerprint density at radius 1 is 1.25 bits per heavy atom. The number of imidazole rings is 1. The van der Waals surface area contributed by atoms with Crippen LogP contribution >= 0.6 is 0 Å². The van der Waals surface area contributed by atoms with Crippen molar-refractivity contribution in [3.05, 3.63) is 36.0 Å². The van der Waals surface area contributed by atoms with Gasteiger partial charge in [-0.25, -0.2) is 4.98 Å². The van der Waals surface area contributed by atoms with Gasteiger partial charge >= 0.3 is 0 Å². The molecule has 0 fully saturated rings. The van der Waals surface area contributed by atoms with E-state index in [9.17, 15) is 0 Å². The van der Waals surface area contributed by atoms with Gasteiger partial charge in [0.25, 0.3) is 0 Å². The number of nitrogens with two attached hydrogens (primary N) is 1. The summed E-state index contributed by atoms with van der Waals surface area (Å²) in [5, 5.41) is 4.36. The average Bonchev–Trinajstić information content (AvgIpc) is 2.90. The molecular formula is C14H17N5O. The smallest absolute Gasteiger partial charge is 0.202 e. The highest BCUT2D eigenvalue weighted by Crippen LogP contribution is 2.20. The molecule has 0 spiro atoms. The molecule has 0 atom stereocenters. The van der Waals surface area contributed by atoms with E-state index in [2.05, 4.69) is 10.1 Å². The molecule has 3 aromatic rings. The van der Waals surface area contributed by atoms with Crippen LogP contribution in [0.15, 0.2) is 30.3 Å². The van der Waals surface area contributed by atoms with Crippen LogP contribution in [0.25, 0.3) is 11.2 Å². The SMILES string of the molecule is Cc1nn(C)c2c1nc(N)n2CCOc1ccccc1. The molecular weight excluding hydrogens is 254 g/mol. The van der Waals surface area contributed by atoms with Crippen LogP contribution in [-0.2, 0) is 13.6 Å². The Morgan fingerprint density at radius 3 is 2.75 bits per heavy atom. The lowest BCUT2D eigenvalue weighted by molar-refractivity contribution is 0.300. The van der Waals surface area contributed by atoms with Crippen molar-refractivity contribution in [1.82, 2.24) is 19.3 Å². The Morgan fingerprint density at radius 2 is 2.00 bits per heavy atom. The molecule has 0 bridgehead atoms. The van der Waals surface area contributed by atoms with Crippen molar-refractivity contribution in [2.45, 2.75) is 13.5 Å². The molecule has 0 radical (unpaired) electrons. The summed E-state index contributed by atoms with van der Waals surface area (Å²) in [7, 11) is 1.89. The molecule has 6 heteroatoms. The van der Waals surface area contributed by atoms with Crippen LogP contribution in [0.5, 0.6) is 5.75 Å². The number of aryl methyl sites for hydroxylation is 2. The van der Waals surface area contributed by atoms with Gasteiger partial charge in [0.1, 0.15) is 17.9 Å². The van der Waals surface area contributed by atoms with Crippen molar-refractivity contribution >= 4 is 17.1 Å². The zero-order valence-electron chi connectivity index (χ0n) is 11.6. The van der Waals surface area contributed by atoms with Gasteiger partial charge < -0.3 is 10.5 Å². The normalized spacial score (nSPS) is 11.1. The number of aromatic nitrogens is 4. The largest absolute Gasteiger partial charge is 0.492 e. The predicted octanol–water partition coefficient (Wildman–Crippen LogP) is 1.74. The molecule has 20 heavy (non-hydrogen) atoms. The lowest BCUT2D eigenvalue weighted by Crippen LogP contribution is -2.12. The number of para-hydroxylation sites is 1. The molecule has 0 aliphatic rings. The fraction of sp³-hybridized carbons (Fsp3) is 0.286. The molecule has 1 aromatic carbocycles. The number of anilines is 1. The molecule has 0 saturated carbocycles. The summed E-state index contributed by atoms with van der Waals surface area (Å²) < 4.78 is 9.43. The number of benzene rings is 1. The van der Waals surface area contributed by atoms with Crippen LogP contribution in [0.2, 0.25) is 0 Å². The Balaban J connectivity index is 1.79. The van der Waals surface area contributed by atoms with E-state index in [-0.39, 0.29) is 0 Å². The molecule has 104 valence electrons. The second-order valence-corrected chi connectivity index (χ2v) is 4.66. The third-order valence-corrected chi connectivity index (χ3v) is 3.25. The molecule has 2 aromatic heterocycles.